The van der Waals surface area contributed by atoms with Crippen molar-refractivity contribution < 1.29 is 13.7 Å². The molecule has 1 fully saturated rings. The first-order valence-corrected chi connectivity index (χ1v) is 9.49. The molecule has 1 saturated heterocycles. The highest BCUT2D eigenvalue weighted by atomic mass is 19.1. The molecular formula is C21H23FN4O2. The Balaban J connectivity index is 1.75. The minimum atomic E-state index is -0.411. The van der Waals surface area contributed by atoms with Gasteiger partial charge in [0, 0.05) is 30.9 Å². The highest BCUT2D eigenvalue weighted by Gasteiger charge is 2.33. The van der Waals surface area contributed by atoms with Gasteiger partial charge in [0.2, 0.25) is 0 Å². The summed E-state index contributed by atoms with van der Waals surface area (Å²) in [5, 5.41) is 8.73. The number of aromatic nitrogens is 3. The van der Waals surface area contributed by atoms with E-state index in [4.69, 9.17) is 4.52 Å². The summed E-state index contributed by atoms with van der Waals surface area (Å²) in [6.07, 6.45) is 4.63. The third-order valence-corrected chi connectivity index (χ3v) is 5.41. The highest BCUT2D eigenvalue weighted by Crippen LogP contribution is 2.38. The van der Waals surface area contributed by atoms with Gasteiger partial charge in [-0.1, -0.05) is 11.2 Å². The van der Waals surface area contributed by atoms with Gasteiger partial charge in [-0.25, -0.2) is 4.39 Å². The van der Waals surface area contributed by atoms with Crippen LogP contribution in [0.4, 0.5) is 4.39 Å². The molecule has 3 heterocycles. The third kappa shape index (κ3) is 3.21. The lowest BCUT2D eigenvalue weighted by molar-refractivity contribution is 0.0605. The number of carbonyl (C=O) groups is 1. The molecule has 7 heteroatoms. The van der Waals surface area contributed by atoms with Crippen LogP contribution in [0.2, 0.25) is 0 Å². The molecule has 0 aliphatic carbocycles. The van der Waals surface area contributed by atoms with Crippen LogP contribution in [-0.4, -0.2) is 32.3 Å². The standard InChI is InChI=1S/C21H23FN4O2/c1-13-14(2)24-28-20(13)17-12-25(3)23-19(17)18-9-4-5-10-26(18)21(27)15-7-6-8-16(22)11-15/h6-8,11-12,18H,4-5,9-10H2,1-3H3. The lowest BCUT2D eigenvalue weighted by Gasteiger charge is -2.35. The molecular weight excluding hydrogens is 359 g/mol. The van der Waals surface area contributed by atoms with Gasteiger partial charge in [0.1, 0.15) is 5.82 Å². The zero-order valence-electron chi connectivity index (χ0n) is 16.3. The first kappa shape index (κ1) is 18.4. The first-order chi connectivity index (χ1) is 13.5. The fourth-order valence-electron chi connectivity index (χ4n) is 3.84. The molecule has 1 aromatic carbocycles. The summed E-state index contributed by atoms with van der Waals surface area (Å²) in [5.41, 5.74) is 3.81. The minimum absolute atomic E-state index is 0.175. The van der Waals surface area contributed by atoms with Gasteiger partial charge < -0.3 is 9.42 Å². The maximum absolute atomic E-state index is 13.6. The number of amides is 1. The molecule has 28 heavy (non-hydrogen) atoms. The van der Waals surface area contributed by atoms with Crippen molar-refractivity contribution in [3.05, 3.63) is 58.8 Å². The Hall–Kier alpha value is -2.96. The number of hydrogen-bond acceptors (Lipinski definition) is 4. The second-order valence-electron chi connectivity index (χ2n) is 7.34. The van der Waals surface area contributed by atoms with Crippen LogP contribution in [0, 0.1) is 19.7 Å². The second kappa shape index (κ2) is 7.22. The zero-order chi connectivity index (χ0) is 19.8. The van der Waals surface area contributed by atoms with Crippen LogP contribution in [0.3, 0.4) is 0 Å². The van der Waals surface area contributed by atoms with Crippen molar-refractivity contribution in [2.45, 2.75) is 39.2 Å². The van der Waals surface area contributed by atoms with Gasteiger partial charge >= 0.3 is 0 Å². The van der Waals surface area contributed by atoms with Gasteiger partial charge in [0.25, 0.3) is 5.91 Å². The fraction of sp³-hybridized carbons (Fsp3) is 0.381. The maximum atomic E-state index is 13.6. The molecule has 1 aliphatic rings. The summed E-state index contributed by atoms with van der Waals surface area (Å²) in [6, 6.07) is 5.66. The van der Waals surface area contributed by atoms with Crippen molar-refractivity contribution >= 4 is 5.91 Å². The second-order valence-corrected chi connectivity index (χ2v) is 7.34. The number of piperidine rings is 1. The van der Waals surface area contributed by atoms with Gasteiger partial charge in [-0.2, -0.15) is 5.10 Å². The Kier molecular flexibility index (Phi) is 4.75. The highest BCUT2D eigenvalue weighted by molar-refractivity contribution is 5.94. The van der Waals surface area contributed by atoms with E-state index >= 15 is 0 Å². The van der Waals surface area contributed by atoms with Crippen LogP contribution in [0.15, 0.2) is 35.0 Å². The number of halogens is 1. The van der Waals surface area contributed by atoms with Gasteiger partial charge in [0.15, 0.2) is 5.76 Å². The number of carbonyl (C=O) groups excluding carboxylic acids is 1. The van der Waals surface area contributed by atoms with E-state index in [0.29, 0.717) is 17.9 Å². The summed E-state index contributed by atoms with van der Waals surface area (Å²) >= 11 is 0. The van der Waals surface area contributed by atoms with Gasteiger partial charge in [-0.3, -0.25) is 9.48 Å². The molecule has 0 spiro atoms. The van der Waals surface area contributed by atoms with Crippen LogP contribution in [0.1, 0.15) is 52.6 Å². The van der Waals surface area contributed by atoms with E-state index in [9.17, 15) is 9.18 Å². The van der Waals surface area contributed by atoms with Crippen LogP contribution in [0.5, 0.6) is 0 Å². The Morgan fingerprint density at radius 2 is 2.11 bits per heavy atom. The predicted molar refractivity (Wildman–Crippen MR) is 102 cm³/mol. The van der Waals surface area contributed by atoms with Crippen molar-refractivity contribution in [1.29, 1.82) is 0 Å². The van der Waals surface area contributed by atoms with E-state index < -0.39 is 5.82 Å². The van der Waals surface area contributed by atoms with E-state index in [1.165, 1.54) is 12.1 Å². The lowest BCUT2D eigenvalue weighted by Crippen LogP contribution is -2.39. The molecule has 0 radical (unpaired) electrons. The molecule has 3 aromatic rings. The average Bonchev–Trinajstić information content (AvgIpc) is 3.23. The van der Waals surface area contributed by atoms with E-state index in [-0.39, 0.29) is 11.9 Å². The summed E-state index contributed by atoms with van der Waals surface area (Å²) < 4.78 is 20.9. The number of hydrogen-bond donors (Lipinski definition) is 0. The smallest absolute Gasteiger partial charge is 0.254 e. The molecule has 1 unspecified atom stereocenters. The number of nitrogens with zero attached hydrogens (tertiary/aromatic N) is 4. The van der Waals surface area contributed by atoms with E-state index in [0.717, 1.165) is 41.8 Å². The number of likely N-dealkylation sites (tertiary alicyclic amines) is 1. The minimum Gasteiger partial charge on any atom is -0.356 e. The van der Waals surface area contributed by atoms with E-state index in [1.54, 1.807) is 16.8 Å². The summed E-state index contributed by atoms with van der Waals surface area (Å²) in [7, 11) is 1.85. The predicted octanol–water partition coefficient (Wildman–Crippen LogP) is 4.20. The molecule has 2 aromatic heterocycles. The molecule has 0 N–H and O–H groups in total. The molecule has 0 bridgehead atoms. The molecule has 6 nitrogen and oxygen atoms in total. The Morgan fingerprint density at radius 3 is 2.82 bits per heavy atom. The summed E-state index contributed by atoms with van der Waals surface area (Å²) in [6.45, 7) is 4.48. The molecule has 1 atom stereocenters. The Bertz CT molecular complexity index is 1020. The van der Waals surface area contributed by atoms with Crippen molar-refractivity contribution in [2.75, 3.05) is 6.54 Å². The van der Waals surface area contributed by atoms with Crippen LogP contribution in [0.25, 0.3) is 11.3 Å². The van der Waals surface area contributed by atoms with Crippen molar-refractivity contribution in [3.8, 4) is 11.3 Å². The monoisotopic (exact) mass is 382 g/mol. The molecule has 4 rings (SSSR count). The Labute approximate surface area is 162 Å². The third-order valence-electron chi connectivity index (χ3n) is 5.41. The normalized spacial score (nSPS) is 17.1. The van der Waals surface area contributed by atoms with Gasteiger partial charge in [-0.05, 0) is 51.3 Å². The lowest BCUT2D eigenvalue weighted by atomic mass is 9.94. The summed E-state index contributed by atoms with van der Waals surface area (Å²) in [4.78, 5) is 15.0. The van der Waals surface area contributed by atoms with Crippen LogP contribution >= 0.6 is 0 Å². The maximum Gasteiger partial charge on any atom is 0.254 e. The number of benzene rings is 1. The molecule has 1 aliphatic heterocycles. The first-order valence-electron chi connectivity index (χ1n) is 9.49. The zero-order valence-corrected chi connectivity index (χ0v) is 16.3. The quantitative estimate of drug-likeness (QED) is 0.681. The summed E-state index contributed by atoms with van der Waals surface area (Å²) in [5.74, 6) is 0.0984. The van der Waals surface area contributed by atoms with Crippen LogP contribution in [-0.2, 0) is 7.05 Å². The molecule has 0 saturated carbocycles. The fourth-order valence-corrected chi connectivity index (χ4v) is 3.84. The van der Waals surface area contributed by atoms with Crippen LogP contribution < -0.4 is 0 Å². The van der Waals surface area contributed by atoms with Crippen molar-refractivity contribution in [2.24, 2.45) is 7.05 Å². The SMILES string of the molecule is Cc1noc(-c2cn(C)nc2C2CCCCN2C(=O)c2cccc(F)c2)c1C. The van der Waals surface area contributed by atoms with Gasteiger partial charge in [0.05, 0.1) is 23.0 Å². The average molecular weight is 382 g/mol. The topological polar surface area (TPSA) is 64.2 Å². The van der Waals surface area contributed by atoms with E-state index in [2.05, 4.69) is 10.3 Å². The molecule has 1 amide bonds. The van der Waals surface area contributed by atoms with Gasteiger partial charge in [-0.15, -0.1) is 0 Å². The number of rotatable bonds is 3. The molecule has 146 valence electrons. The largest absolute Gasteiger partial charge is 0.356 e. The van der Waals surface area contributed by atoms with Crippen molar-refractivity contribution in [3.63, 3.8) is 0 Å². The Morgan fingerprint density at radius 1 is 1.29 bits per heavy atom. The number of aryl methyl sites for hydroxylation is 2. The van der Waals surface area contributed by atoms with E-state index in [1.807, 2.05) is 32.0 Å². The van der Waals surface area contributed by atoms with Crippen molar-refractivity contribution in [1.82, 2.24) is 19.8 Å².